The second kappa shape index (κ2) is 5.48. The van der Waals surface area contributed by atoms with Crippen LogP contribution in [0.1, 0.15) is 5.56 Å². The van der Waals surface area contributed by atoms with Crippen LogP contribution in [0.4, 0.5) is 4.39 Å². The Balaban J connectivity index is 2.18. The van der Waals surface area contributed by atoms with Crippen LogP contribution in [0, 0.1) is 5.82 Å². The minimum absolute atomic E-state index is 0.139. The fraction of sp³-hybridized carbons (Fsp3) is 0.364. The van der Waals surface area contributed by atoms with E-state index in [-0.39, 0.29) is 17.4 Å². The van der Waals surface area contributed by atoms with Gasteiger partial charge in [0.2, 0.25) is 10.0 Å². The molecule has 0 saturated carbocycles. The Morgan fingerprint density at radius 2 is 2.05 bits per heavy atom. The van der Waals surface area contributed by atoms with E-state index in [0.29, 0.717) is 5.56 Å². The van der Waals surface area contributed by atoms with Gasteiger partial charge >= 0.3 is 5.97 Å². The average molecular weight is 305 g/mol. The van der Waals surface area contributed by atoms with E-state index in [1.807, 2.05) is 0 Å². The molecule has 1 aromatic rings. The van der Waals surface area contributed by atoms with E-state index in [2.05, 4.69) is 0 Å². The highest BCUT2D eigenvalue weighted by atomic mass is 32.2. The van der Waals surface area contributed by atoms with Gasteiger partial charge in [-0.1, -0.05) is 12.1 Å². The number of thioether (sulfide) groups is 1. The lowest BCUT2D eigenvalue weighted by atomic mass is 10.2. The van der Waals surface area contributed by atoms with Crippen molar-refractivity contribution in [3.63, 3.8) is 0 Å². The SMILES string of the molecule is O=C(O)C1CSCN1S(=O)(=O)Cc1ccc(F)cc1. The molecular formula is C11H12FNO4S2. The van der Waals surface area contributed by atoms with Crippen molar-refractivity contribution < 1.29 is 22.7 Å². The highest BCUT2D eigenvalue weighted by Gasteiger charge is 2.39. The van der Waals surface area contributed by atoms with Gasteiger partial charge in [0.05, 0.1) is 11.6 Å². The first-order chi connectivity index (χ1) is 8.90. The number of sulfonamides is 1. The first-order valence-corrected chi connectivity index (χ1v) is 8.21. The van der Waals surface area contributed by atoms with Crippen LogP contribution >= 0.6 is 11.8 Å². The van der Waals surface area contributed by atoms with Gasteiger partial charge in [-0.15, -0.1) is 11.8 Å². The molecule has 0 aliphatic carbocycles. The predicted octanol–water partition coefficient (Wildman–Crippen LogP) is 1.11. The summed E-state index contributed by atoms with van der Waals surface area (Å²) in [6.07, 6.45) is 0. The molecule has 1 fully saturated rings. The molecule has 104 valence electrons. The second-order valence-corrected chi connectivity index (χ2v) is 7.05. The van der Waals surface area contributed by atoms with Crippen LogP contribution in [0.2, 0.25) is 0 Å². The fourth-order valence-electron chi connectivity index (χ4n) is 1.77. The zero-order valence-electron chi connectivity index (χ0n) is 9.82. The summed E-state index contributed by atoms with van der Waals surface area (Å²) < 4.78 is 38.1. The van der Waals surface area contributed by atoms with E-state index in [4.69, 9.17) is 5.11 Å². The molecular weight excluding hydrogens is 293 g/mol. The van der Waals surface area contributed by atoms with Crippen molar-refractivity contribution in [1.82, 2.24) is 4.31 Å². The van der Waals surface area contributed by atoms with E-state index < -0.39 is 27.9 Å². The van der Waals surface area contributed by atoms with Crippen molar-refractivity contribution in [2.24, 2.45) is 0 Å². The van der Waals surface area contributed by atoms with Crippen molar-refractivity contribution in [3.8, 4) is 0 Å². The molecule has 1 atom stereocenters. The maximum absolute atomic E-state index is 12.7. The number of carbonyl (C=O) groups is 1. The standard InChI is InChI=1S/C11H12FNO4S2/c12-9-3-1-8(2-4-9)6-19(16,17)13-7-18-5-10(13)11(14)15/h1-4,10H,5-7H2,(H,14,15). The quantitative estimate of drug-likeness (QED) is 0.902. The van der Waals surface area contributed by atoms with Gasteiger partial charge in [-0.05, 0) is 17.7 Å². The van der Waals surface area contributed by atoms with Crippen LogP contribution < -0.4 is 0 Å². The number of benzene rings is 1. The number of hydrogen-bond donors (Lipinski definition) is 1. The van der Waals surface area contributed by atoms with E-state index in [1.54, 1.807) is 0 Å². The summed E-state index contributed by atoms with van der Waals surface area (Å²) in [4.78, 5) is 11.0. The molecule has 2 rings (SSSR count). The molecule has 1 heterocycles. The maximum Gasteiger partial charge on any atom is 0.322 e. The third kappa shape index (κ3) is 3.26. The summed E-state index contributed by atoms with van der Waals surface area (Å²) >= 11 is 1.26. The normalized spacial score (nSPS) is 20.6. The van der Waals surface area contributed by atoms with Crippen molar-refractivity contribution in [1.29, 1.82) is 0 Å². The molecule has 0 aromatic heterocycles. The molecule has 1 aliphatic heterocycles. The zero-order valence-corrected chi connectivity index (χ0v) is 11.5. The first-order valence-electron chi connectivity index (χ1n) is 5.44. The molecule has 1 aliphatic rings. The minimum atomic E-state index is -3.71. The summed E-state index contributed by atoms with van der Waals surface area (Å²) in [6.45, 7) is 0. The molecule has 0 radical (unpaired) electrons. The third-order valence-corrected chi connectivity index (χ3v) is 5.72. The number of carboxylic acid groups (broad SMARTS) is 1. The summed E-state index contributed by atoms with van der Waals surface area (Å²) in [6, 6.07) is 4.10. The van der Waals surface area contributed by atoms with Crippen molar-refractivity contribution >= 4 is 27.8 Å². The summed E-state index contributed by atoms with van der Waals surface area (Å²) in [5, 5.41) is 8.98. The Morgan fingerprint density at radius 3 is 2.63 bits per heavy atom. The molecule has 1 unspecified atom stereocenters. The molecule has 1 N–H and O–H groups in total. The topological polar surface area (TPSA) is 74.7 Å². The monoisotopic (exact) mass is 305 g/mol. The van der Waals surface area contributed by atoms with E-state index in [1.165, 1.54) is 36.0 Å². The Hall–Kier alpha value is -1.12. The summed E-state index contributed by atoms with van der Waals surface area (Å²) in [5.74, 6) is -1.52. The minimum Gasteiger partial charge on any atom is -0.480 e. The van der Waals surface area contributed by atoms with Gasteiger partial charge in [0, 0.05) is 5.75 Å². The van der Waals surface area contributed by atoms with Crippen molar-refractivity contribution in [2.45, 2.75) is 11.8 Å². The van der Waals surface area contributed by atoms with Crippen LogP contribution in [0.15, 0.2) is 24.3 Å². The molecule has 8 heteroatoms. The van der Waals surface area contributed by atoms with Gasteiger partial charge in [0.15, 0.2) is 0 Å². The van der Waals surface area contributed by atoms with Crippen LogP contribution in [-0.4, -0.2) is 41.5 Å². The van der Waals surface area contributed by atoms with Crippen molar-refractivity contribution in [3.05, 3.63) is 35.6 Å². The number of carboxylic acids is 1. The van der Waals surface area contributed by atoms with Crippen LogP contribution in [0.5, 0.6) is 0 Å². The highest BCUT2D eigenvalue weighted by Crippen LogP contribution is 2.26. The van der Waals surface area contributed by atoms with E-state index >= 15 is 0 Å². The van der Waals surface area contributed by atoms with Crippen LogP contribution in [-0.2, 0) is 20.6 Å². The number of halogens is 1. The largest absolute Gasteiger partial charge is 0.480 e. The van der Waals surface area contributed by atoms with Gasteiger partial charge < -0.3 is 5.11 Å². The van der Waals surface area contributed by atoms with Crippen LogP contribution in [0.25, 0.3) is 0 Å². The second-order valence-electron chi connectivity index (χ2n) is 4.12. The molecule has 1 aromatic carbocycles. The van der Waals surface area contributed by atoms with Gasteiger partial charge in [-0.3, -0.25) is 4.79 Å². The molecule has 1 saturated heterocycles. The molecule has 5 nitrogen and oxygen atoms in total. The zero-order chi connectivity index (χ0) is 14.0. The Bertz CT molecular complexity index is 573. The molecule has 0 amide bonds. The Labute approximate surface area is 114 Å². The highest BCUT2D eigenvalue weighted by molar-refractivity contribution is 8.00. The number of nitrogens with zero attached hydrogens (tertiary/aromatic N) is 1. The number of aliphatic carboxylic acids is 1. The average Bonchev–Trinajstić information content (AvgIpc) is 2.82. The lowest BCUT2D eigenvalue weighted by molar-refractivity contribution is -0.140. The lowest BCUT2D eigenvalue weighted by Crippen LogP contribution is -2.42. The van der Waals surface area contributed by atoms with Crippen LogP contribution in [0.3, 0.4) is 0 Å². The summed E-state index contributed by atoms with van der Waals surface area (Å²) in [7, 11) is -3.71. The smallest absolute Gasteiger partial charge is 0.322 e. The molecule has 19 heavy (non-hydrogen) atoms. The Kier molecular flexibility index (Phi) is 4.12. The van der Waals surface area contributed by atoms with Gasteiger partial charge in [0.25, 0.3) is 0 Å². The van der Waals surface area contributed by atoms with E-state index in [0.717, 1.165) is 4.31 Å². The van der Waals surface area contributed by atoms with E-state index in [9.17, 15) is 17.6 Å². The third-order valence-electron chi connectivity index (χ3n) is 2.75. The number of hydrogen-bond acceptors (Lipinski definition) is 4. The van der Waals surface area contributed by atoms with Gasteiger partial charge in [0.1, 0.15) is 11.9 Å². The van der Waals surface area contributed by atoms with Crippen molar-refractivity contribution in [2.75, 3.05) is 11.6 Å². The predicted molar refractivity (Wildman–Crippen MR) is 69.6 cm³/mol. The molecule has 0 bridgehead atoms. The van der Waals surface area contributed by atoms with Gasteiger partial charge in [-0.25, -0.2) is 12.8 Å². The summed E-state index contributed by atoms with van der Waals surface area (Å²) in [5.41, 5.74) is 0.433. The fourth-order valence-corrected chi connectivity index (χ4v) is 5.07. The lowest BCUT2D eigenvalue weighted by Gasteiger charge is -2.19. The molecule has 0 spiro atoms. The first kappa shape index (κ1) is 14.3. The number of rotatable bonds is 4. The Morgan fingerprint density at radius 1 is 1.42 bits per heavy atom. The maximum atomic E-state index is 12.7. The van der Waals surface area contributed by atoms with Gasteiger partial charge in [-0.2, -0.15) is 4.31 Å².